The van der Waals surface area contributed by atoms with Crippen molar-refractivity contribution >= 4 is 41.1 Å². The highest BCUT2D eigenvalue weighted by Crippen LogP contribution is 2.32. The van der Waals surface area contributed by atoms with Gasteiger partial charge < -0.3 is 0 Å². The number of benzene rings is 1. The molecule has 0 N–H and O–H groups in total. The van der Waals surface area contributed by atoms with E-state index in [9.17, 15) is 4.79 Å². The number of carbonyl (C=O) groups is 1. The molecule has 17 heavy (non-hydrogen) atoms. The number of carbonyl (C=O) groups excluding carboxylic acids is 1. The minimum Gasteiger partial charge on any atom is -0.298 e. The summed E-state index contributed by atoms with van der Waals surface area (Å²) in [5, 5.41) is 1.26. The van der Waals surface area contributed by atoms with Gasteiger partial charge in [0.15, 0.2) is 6.29 Å². The fraction of sp³-hybridized carbons (Fsp3) is 0. The molecule has 0 aliphatic carbocycles. The van der Waals surface area contributed by atoms with Gasteiger partial charge in [-0.2, -0.15) is 0 Å². The van der Waals surface area contributed by atoms with Crippen LogP contribution < -0.4 is 0 Å². The second-order valence-electron chi connectivity index (χ2n) is 3.34. The Morgan fingerprint density at radius 1 is 1.06 bits per heavy atom. The maximum Gasteiger partial charge on any atom is 0.150 e. The van der Waals surface area contributed by atoms with Crippen LogP contribution in [-0.2, 0) is 0 Å². The molecule has 0 spiro atoms. The molecule has 1 aromatic carbocycles. The third-order valence-electron chi connectivity index (χ3n) is 2.25. The molecular formula is C12H6Cl3NO. The lowest BCUT2D eigenvalue weighted by atomic mass is 10.0. The van der Waals surface area contributed by atoms with Crippen LogP contribution in [0.25, 0.3) is 11.1 Å². The van der Waals surface area contributed by atoms with Gasteiger partial charge in [0.1, 0.15) is 5.15 Å². The molecule has 1 aromatic heterocycles. The zero-order chi connectivity index (χ0) is 12.4. The van der Waals surface area contributed by atoms with Crippen molar-refractivity contribution in [3.8, 4) is 11.1 Å². The van der Waals surface area contributed by atoms with Gasteiger partial charge in [-0.3, -0.25) is 4.79 Å². The SMILES string of the molecule is O=Cc1cc(Cl)ncc1-c1ccc(Cl)cc1Cl. The summed E-state index contributed by atoms with van der Waals surface area (Å²) in [6.07, 6.45) is 2.23. The van der Waals surface area contributed by atoms with Crippen LogP contribution in [0.1, 0.15) is 10.4 Å². The van der Waals surface area contributed by atoms with E-state index in [1.165, 1.54) is 12.3 Å². The van der Waals surface area contributed by atoms with Gasteiger partial charge in [0.05, 0.1) is 0 Å². The van der Waals surface area contributed by atoms with Crippen LogP contribution in [0.15, 0.2) is 30.5 Å². The van der Waals surface area contributed by atoms with Crippen molar-refractivity contribution in [1.82, 2.24) is 4.98 Å². The average Bonchev–Trinajstić information content (AvgIpc) is 2.30. The number of rotatable bonds is 2. The van der Waals surface area contributed by atoms with Crippen LogP contribution in [0.2, 0.25) is 15.2 Å². The summed E-state index contributed by atoms with van der Waals surface area (Å²) >= 11 is 17.6. The van der Waals surface area contributed by atoms with Gasteiger partial charge in [0.2, 0.25) is 0 Å². The van der Waals surface area contributed by atoms with Crippen molar-refractivity contribution in [2.24, 2.45) is 0 Å². The van der Waals surface area contributed by atoms with E-state index in [2.05, 4.69) is 4.98 Å². The summed E-state index contributed by atoms with van der Waals surface area (Å²) < 4.78 is 0. The van der Waals surface area contributed by atoms with Crippen molar-refractivity contribution in [2.75, 3.05) is 0 Å². The summed E-state index contributed by atoms with van der Waals surface area (Å²) in [4.78, 5) is 14.9. The van der Waals surface area contributed by atoms with E-state index in [0.29, 0.717) is 33.0 Å². The molecule has 2 rings (SSSR count). The van der Waals surface area contributed by atoms with E-state index < -0.39 is 0 Å². The highest BCUT2D eigenvalue weighted by Gasteiger charge is 2.10. The van der Waals surface area contributed by atoms with Crippen LogP contribution in [0.3, 0.4) is 0 Å². The van der Waals surface area contributed by atoms with Crippen molar-refractivity contribution in [3.05, 3.63) is 51.2 Å². The van der Waals surface area contributed by atoms with Crippen LogP contribution in [0.5, 0.6) is 0 Å². The van der Waals surface area contributed by atoms with Crippen molar-refractivity contribution < 1.29 is 4.79 Å². The fourth-order valence-electron chi connectivity index (χ4n) is 1.47. The summed E-state index contributed by atoms with van der Waals surface area (Å²) in [5.41, 5.74) is 1.77. The molecule has 0 bridgehead atoms. The molecule has 0 aliphatic rings. The minimum absolute atomic E-state index is 0.265. The van der Waals surface area contributed by atoms with Gasteiger partial charge in [0.25, 0.3) is 0 Å². The molecule has 2 nitrogen and oxygen atoms in total. The lowest BCUT2D eigenvalue weighted by Crippen LogP contribution is -1.90. The second-order valence-corrected chi connectivity index (χ2v) is 4.57. The third-order valence-corrected chi connectivity index (χ3v) is 3.01. The molecule has 0 amide bonds. The first-order valence-corrected chi connectivity index (χ1v) is 5.81. The number of aromatic nitrogens is 1. The molecule has 1 heterocycles. The zero-order valence-electron chi connectivity index (χ0n) is 8.45. The quantitative estimate of drug-likeness (QED) is 0.600. The Balaban J connectivity index is 2.63. The summed E-state index contributed by atoms with van der Waals surface area (Å²) in [7, 11) is 0. The molecule has 0 saturated carbocycles. The van der Waals surface area contributed by atoms with E-state index in [4.69, 9.17) is 34.8 Å². The Morgan fingerprint density at radius 3 is 2.47 bits per heavy atom. The lowest BCUT2D eigenvalue weighted by molar-refractivity contribution is 0.112. The number of aldehydes is 1. The largest absolute Gasteiger partial charge is 0.298 e. The van der Waals surface area contributed by atoms with E-state index in [-0.39, 0.29) is 5.15 Å². The normalized spacial score (nSPS) is 10.3. The van der Waals surface area contributed by atoms with Crippen LogP contribution in [0.4, 0.5) is 0 Å². The van der Waals surface area contributed by atoms with E-state index in [1.54, 1.807) is 18.2 Å². The molecule has 0 fully saturated rings. The number of nitrogens with zero attached hydrogens (tertiary/aromatic N) is 1. The van der Waals surface area contributed by atoms with E-state index >= 15 is 0 Å². The van der Waals surface area contributed by atoms with E-state index in [1.807, 2.05) is 0 Å². The van der Waals surface area contributed by atoms with Crippen molar-refractivity contribution in [2.45, 2.75) is 0 Å². The molecular weight excluding hydrogens is 280 g/mol. The van der Waals surface area contributed by atoms with E-state index in [0.717, 1.165) is 0 Å². The third kappa shape index (κ3) is 2.60. The lowest BCUT2D eigenvalue weighted by Gasteiger charge is -2.07. The molecule has 0 atom stereocenters. The smallest absolute Gasteiger partial charge is 0.150 e. The van der Waals surface area contributed by atoms with Gasteiger partial charge in [-0.1, -0.05) is 40.9 Å². The predicted octanol–water partition coefficient (Wildman–Crippen LogP) is 4.52. The minimum atomic E-state index is 0.265. The molecule has 0 saturated heterocycles. The van der Waals surface area contributed by atoms with Gasteiger partial charge in [-0.05, 0) is 18.2 Å². The Kier molecular flexibility index (Phi) is 3.67. The maximum atomic E-state index is 11.0. The Morgan fingerprint density at radius 2 is 1.82 bits per heavy atom. The average molecular weight is 287 g/mol. The molecule has 0 aliphatic heterocycles. The predicted molar refractivity (Wildman–Crippen MR) is 70.1 cm³/mol. The molecule has 2 aromatic rings. The van der Waals surface area contributed by atoms with Crippen LogP contribution >= 0.6 is 34.8 Å². The van der Waals surface area contributed by atoms with Gasteiger partial charge in [-0.15, -0.1) is 0 Å². The van der Waals surface area contributed by atoms with Crippen molar-refractivity contribution in [3.63, 3.8) is 0 Å². The van der Waals surface area contributed by atoms with Gasteiger partial charge in [0, 0.05) is 32.9 Å². The first kappa shape index (κ1) is 12.4. The number of pyridine rings is 1. The molecule has 86 valence electrons. The molecule has 5 heteroatoms. The molecule has 0 radical (unpaired) electrons. The topological polar surface area (TPSA) is 30.0 Å². The summed E-state index contributed by atoms with van der Waals surface area (Å²) in [6, 6.07) is 6.55. The summed E-state index contributed by atoms with van der Waals surface area (Å²) in [5.74, 6) is 0. The first-order chi connectivity index (χ1) is 8.11. The number of hydrogen-bond acceptors (Lipinski definition) is 2. The zero-order valence-corrected chi connectivity index (χ0v) is 10.7. The Bertz CT molecular complexity index is 584. The highest BCUT2D eigenvalue weighted by molar-refractivity contribution is 6.36. The number of halogens is 3. The second kappa shape index (κ2) is 5.05. The number of hydrogen-bond donors (Lipinski definition) is 0. The summed E-state index contributed by atoms with van der Waals surface area (Å²) in [6.45, 7) is 0. The molecule has 0 unspecified atom stereocenters. The van der Waals surface area contributed by atoms with Crippen LogP contribution in [0, 0.1) is 0 Å². The van der Waals surface area contributed by atoms with Gasteiger partial charge in [-0.25, -0.2) is 4.98 Å². The Hall–Kier alpha value is -1.09. The van der Waals surface area contributed by atoms with Gasteiger partial charge >= 0.3 is 0 Å². The standard InChI is InChI=1S/C12H6Cl3NO/c13-8-1-2-9(11(14)4-8)10-5-16-12(15)3-7(10)6-17/h1-6H. The van der Waals surface area contributed by atoms with Crippen LogP contribution in [-0.4, -0.2) is 11.3 Å². The monoisotopic (exact) mass is 285 g/mol. The highest BCUT2D eigenvalue weighted by atomic mass is 35.5. The Labute approximate surface area is 113 Å². The van der Waals surface area contributed by atoms with Crippen molar-refractivity contribution in [1.29, 1.82) is 0 Å². The first-order valence-electron chi connectivity index (χ1n) is 4.68. The fourth-order valence-corrected chi connectivity index (χ4v) is 2.15. The maximum absolute atomic E-state index is 11.0.